The van der Waals surface area contributed by atoms with Crippen molar-refractivity contribution in [2.45, 2.75) is 291 Å². The van der Waals surface area contributed by atoms with Gasteiger partial charge in [-0.2, -0.15) is 0 Å². The van der Waals surface area contributed by atoms with Gasteiger partial charge in [-0.15, -0.1) is 0 Å². The standard InChI is InChI=1S/C66H103NO33/c1-8-29-40(77)46(83)54(92-29)91-23-36(74)67-37-30(19-68)93-58(51(42(37)79)98-56-45(82)39(76)28(72)22-90-56)100-60(88)66-16-15-61(2,3)17-26(66)25-9-10-33-62(4)13-12-35(63(5,24-70)32(62)11-14-64(33,6)65(25,7)18-34(66)73)95-59-52(99-57-47(84)43(80)41(78)31(20-69)94-57)49(48(85)50(97-59)53(86)87)96-55-44(81)38(75)27(71)21-89-55/h9,24,26-35,37-52,54-59,68-69,71-73,75-85H,8,10-23H2,1-7H3,(H,67,74)(H,86,87)/t26?,27-,28-,29+,30?,31?,32-,33?,34?,35+,37+,38+,39?,40?,41+,42?,43+,44?,45?,46?,47?,48+,49+,50?,51?,52?,54-,55+,56+,57+,58+,59-,62?,63-,64?,65-,66-/m1/s1. The Labute approximate surface area is 576 Å². The van der Waals surface area contributed by atoms with E-state index in [4.69, 9.17) is 56.8 Å². The molecule has 34 nitrogen and oxygen atoms in total. The number of aliphatic hydroxyl groups excluding tert-OH is 16. The van der Waals surface area contributed by atoms with E-state index in [0.717, 1.165) is 11.9 Å². The van der Waals surface area contributed by atoms with Crippen LogP contribution in [0.5, 0.6) is 0 Å². The molecule has 0 aromatic rings. The normalized spacial score (nSPS) is 52.4. The van der Waals surface area contributed by atoms with Gasteiger partial charge in [0.1, 0.15) is 122 Å². The molecule has 37 atom stereocenters. The summed E-state index contributed by atoms with van der Waals surface area (Å²) in [5, 5.41) is 189. The summed E-state index contributed by atoms with van der Waals surface area (Å²) in [5.74, 6) is -5.09. The number of rotatable bonds is 19. The Kier molecular flexibility index (Phi) is 22.9. The van der Waals surface area contributed by atoms with E-state index >= 15 is 4.79 Å². The van der Waals surface area contributed by atoms with Crippen LogP contribution in [-0.2, 0) is 76.0 Å². The van der Waals surface area contributed by atoms with E-state index in [9.17, 15) is 101 Å². The zero-order valence-electron chi connectivity index (χ0n) is 56.9. The van der Waals surface area contributed by atoms with Crippen molar-refractivity contribution in [3.8, 4) is 0 Å². The fourth-order valence-corrected chi connectivity index (χ4v) is 19.1. The lowest BCUT2D eigenvalue weighted by Crippen LogP contribution is -2.70. The van der Waals surface area contributed by atoms with Crippen LogP contribution < -0.4 is 5.32 Å². The number of aliphatic hydroxyl groups is 16. The number of carboxylic acids is 1. The first-order valence-electron chi connectivity index (χ1n) is 34.7. The summed E-state index contributed by atoms with van der Waals surface area (Å²) in [6, 6.07) is -1.58. The zero-order valence-corrected chi connectivity index (χ0v) is 56.9. The van der Waals surface area contributed by atoms with E-state index in [-0.39, 0.29) is 25.2 Å². The van der Waals surface area contributed by atoms with Crippen molar-refractivity contribution >= 4 is 24.1 Å². The molecule has 0 aromatic carbocycles. The lowest BCUT2D eigenvalue weighted by Gasteiger charge is -2.71. The maximum absolute atomic E-state index is 15.8. The van der Waals surface area contributed by atoms with E-state index in [1.54, 1.807) is 13.8 Å². The molecular formula is C66H103NO33. The first-order valence-corrected chi connectivity index (χ1v) is 34.7. The van der Waals surface area contributed by atoms with Crippen molar-refractivity contribution in [3.63, 3.8) is 0 Å². The quantitative estimate of drug-likeness (QED) is 0.0248. The van der Waals surface area contributed by atoms with Crippen molar-refractivity contribution in [2.75, 3.05) is 33.0 Å². The largest absolute Gasteiger partial charge is 0.479 e. The average molecular weight is 1440 g/mol. The van der Waals surface area contributed by atoms with Crippen molar-refractivity contribution in [1.82, 2.24) is 5.32 Å². The Morgan fingerprint density at radius 1 is 0.580 bits per heavy atom. The second-order valence-corrected chi connectivity index (χ2v) is 31.3. The van der Waals surface area contributed by atoms with Gasteiger partial charge in [0.15, 0.2) is 43.7 Å². The fraction of sp³-hybridized carbons (Fsp3) is 0.909. The Bertz CT molecular complexity index is 2930. The summed E-state index contributed by atoms with van der Waals surface area (Å²) in [6.45, 7) is 10.1. The number of ether oxygens (including phenoxy) is 12. The third kappa shape index (κ3) is 13.3. The molecule has 0 spiro atoms. The number of aldehydes is 1. The monoisotopic (exact) mass is 1440 g/mol. The number of amides is 1. The minimum absolute atomic E-state index is 0.0132. The van der Waals surface area contributed by atoms with Crippen LogP contribution in [0, 0.1) is 50.2 Å². The van der Waals surface area contributed by atoms with Crippen molar-refractivity contribution in [2.24, 2.45) is 50.2 Å². The fourth-order valence-electron chi connectivity index (χ4n) is 19.1. The van der Waals surface area contributed by atoms with Gasteiger partial charge in [0, 0.05) is 0 Å². The molecule has 0 bridgehead atoms. The van der Waals surface area contributed by atoms with E-state index < -0.39 is 273 Å². The molecule has 6 saturated heterocycles. The van der Waals surface area contributed by atoms with Gasteiger partial charge in [-0.05, 0) is 104 Å². The molecule has 17 unspecified atom stereocenters. The summed E-state index contributed by atoms with van der Waals surface area (Å²) in [7, 11) is 0. The maximum atomic E-state index is 15.8. The molecule has 10 fully saturated rings. The second-order valence-electron chi connectivity index (χ2n) is 31.3. The number of carboxylic acid groups (broad SMARTS) is 1. The van der Waals surface area contributed by atoms with Gasteiger partial charge in [0.25, 0.3) is 0 Å². The Morgan fingerprint density at radius 2 is 1.16 bits per heavy atom. The molecule has 0 radical (unpaired) electrons. The molecule has 0 aromatic heterocycles. The third-order valence-corrected chi connectivity index (χ3v) is 25.2. The number of carbonyl (C=O) groups excluding carboxylic acids is 3. The second kappa shape index (κ2) is 29.5. The van der Waals surface area contributed by atoms with Gasteiger partial charge in [0.2, 0.25) is 12.2 Å². The number of hydrogen-bond acceptors (Lipinski definition) is 32. The molecule has 6 heterocycles. The van der Waals surface area contributed by atoms with Crippen LogP contribution in [0.4, 0.5) is 0 Å². The molecule has 570 valence electrons. The van der Waals surface area contributed by atoms with Gasteiger partial charge in [-0.3, -0.25) is 9.59 Å². The SMILES string of the molecule is CC[C@@H]1O[C@@H](OCC(=O)N[C@H]2C(CO)O[C@@H](OC(=O)[C@]34CCC(C)(C)CC3C3=CCC5C6(C)CC[C@H](O[C@@H]7OC(C(=O)O)[C@@H](O)[C@H](O[C@@H]8OC[C@@H](O)[C@H](O)C8O)C7O[C@@H]7OC(CO)[C@H](O)[C@H](O)C7O)[C@](C)(C=O)[C@@H]6CCC5(C)[C@]3(C)CC4O)C(O[C@@H]3OC[C@@H](O)C(O)C3O)C2O)C(O)C1O. The van der Waals surface area contributed by atoms with E-state index in [1.807, 2.05) is 0 Å². The summed E-state index contributed by atoms with van der Waals surface area (Å²) < 4.78 is 71.5. The molecule has 5 aliphatic carbocycles. The minimum Gasteiger partial charge on any atom is -0.479 e. The topological polar surface area (TPSA) is 535 Å². The third-order valence-electron chi connectivity index (χ3n) is 25.2. The smallest absolute Gasteiger partial charge is 0.335 e. The minimum atomic E-state index is -2.22. The molecule has 11 aliphatic rings. The lowest BCUT2D eigenvalue weighted by molar-refractivity contribution is -0.391. The number of carbonyl (C=O) groups is 4. The number of esters is 1. The van der Waals surface area contributed by atoms with Crippen molar-refractivity contribution < 1.29 is 163 Å². The molecule has 11 rings (SSSR count). The predicted octanol–water partition coefficient (Wildman–Crippen LogP) is -5.69. The highest BCUT2D eigenvalue weighted by Crippen LogP contribution is 2.76. The molecular weight excluding hydrogens is 1330 g/mol. The highest BCUT2D eigenvalue weighted by Gasteiger charge is 2.73. The summed E-state index contributed by atoms with van der Waals surface area (Å²) in [5.41, 5.74) is -4.96. The molecule has 4 saturated carbocycles. The first kappa shape index (κ1) is 77.8. The van der Waals surface area contributed by atoms with Crippen LogP contribution in [0.25, 0.3) is 0 Å². The van der Waals surface area contributed by atoms with Crippen LogP contribution >= 0.6 is 0 Å². The number of aliphatic carboxylic acids is 1. The summed E-state index contributed by atoms with van der Waals surface area (Å²) in [4.78, 5) is 56.6. The lowest BCUT2D eigenvalue weighted by atomic mass is 9.33. The summed E-state index contributed by atoms with van der Waals surface area (Å²) in [6.07, 6.45) is -43.5. The highest BCUT2D eigenvalue weighted by atomic mass is 16.8. The van der Waals surface area contributed by atoms with Gasteiger partial charge < -0.3 is 154 Å². The molecule has 18 N–H and O–H groups in total. The van der Waals surface area contributed by atoms with Crippen LogP contribution in [0.3, 0.4) is 0 Å². The molecule has 6 aliphatic heterocycles. The van der Waals surface area contributed by atoms with Crippen LogP contribution in [-0.4, -0.2) is 322 Å². The first-order chi connectivity index (χ1) is 47.0. The van der Waals surface area contributed by atoms with Crippen molar-refractivity contribution in [1.29, 1.82) is 0 Å². The average Bonchev–Trinajstić information content (AvgIpc) is 0.714. The Morgan fingerprint density at radius 3 is 1.76 bits per heavy atom. The number of hydrogen-bond donors (Lipinski definition) is 18. The Hall–Kier alpha value is -3.26. The maximum Gasteiger partial charge on any atom is 0.335 e. The number of fused-ring (bicyclic) bond motifs is 7. The number of nitrogens with one attached hydrogen (secondary N) is 1. The van der Waals surface area contributed by atoms with Gasteiger partial charge in [-0.25, -0.2) is 4.79 Å². The Balaban J connectivity index is 0.869. The van der Waals surface area contributed by atoms with E-state index in [1.165, 1.54) is 0 Å². The van der Waals surface area contributed by atoms with Gasteiger partial charge in [0.05, 0.1) is 56.2 Å². The van der Waals surface area contributed by atoms with Gasteiger partial charge >= 0.3 is 11.9 Å². The molecule has 1 amide bonds. The van der Waals surface area contributed by atoms with E-state index in [2.05, 4.69) is 46.0 Å². The van der Waals surface area contributed by atoms with Crippen molar-refractivity contribution in [3.05, 3.63) is 11.6 Å². The zero-order chi connectivity index (χ0) is 73.0. The van der Waals surface area contributed by atoms with Crippen LogP contribution in [0.1, 0.15) is 113 Å². The molecule has 100 heavy (non-hydrogen) atoms. The van der Waals surface area contributed by atoms with Crippen LogP contribution in [0.2, 0.25) is 0 Å². The summed E-state index contributed by atoms with van der Waals surface area (Å²) >= 11 is 0. The predicted molar refractivity (Wildman–Crippen MR) is 329 cm³/mol. The van der Waals surface area contributed by atoms with E-state index in [0.29, 0.717) is 44.9 Å². The molecule has 34 heteroatoms. The number of allylic oxidation sites excluding steroid dienone is 2. The highest BCUT2D eigenvalue weighted by molar-refractivity contribution is 5.80. The van der Waals surface area contributed by atoms with Crippen LogP contribution in [0.15, 0.2) is 11.6 Å². The van der Waals surface area contributed by atoms with Gasteiger partial charge in [-0.1, -0.05) is 60.1 Å².